The second kappa shape index (κ2) is 6.26. The van der Waals surface area contributed by atoms with Crippen molar-refractivity contribution in [2.45, 2.75) is 19.4 Å². The van der Waals surface area contributed by atoms with Gasteiger partial charge in [0.1, 0.15) is 11.5 Å². The van der Waals surface area contributed by atoms with Crippen molar-refractivity contribution in [3.63, 3.8) is 0 Å². The fourth-order valence-corrected chi connectivity index (χ4v) is 2.04. The van der Waals surface area contributed by atoms with E-state index in [1.165, 1.54) is 12.3 Å². The highest BCUT2D eigenvalue weighted by atomic mass is 16.3. The van der Waals surface area contributed by atoms with Gasteiger partial charge in [0.05, 0.1) is 0 Å². The molecule has 2 N–H and O–H groups in total. The molecule has 0 aliphatic heterocycles. The summed E-state index contributed by atoms with van der Waals surface area (Å²) >= 11 is 0. The number of hydrogen-bond donors (Lipinski definition) is 2. The Hall–Kier alpha value is -2.56. The summed E-state index contributed by atoms with van der Waals surface area (Å²) in [5, 5.41) is 19.0. The van der Waals surface area contributed by atoms with E-state index < -0.39 is 0 Å². The summed E-state index contributed by atoms with van der Waals surface area (Å²) < 4.78 is 0. The minimum absolute atomic E-state index is 0.0533. The number of nitrogens with zero attached hydrogens (tertiary/aromatic N) is 2. The van der Waals surface area contributed by atoms with Crippen LogP contribution in [0.1, 0.15) is 23.0 Å². The Labute approximate surface area is 123 Å². The molecule has 1 atom stereocenters. The molecule has 21 heavy (non-hydrogen) atoms. The van der Waals surface area contributed by atoms with E-state index in [1.54, 1.807) is 30.1 Å². The van der Waals surface area contributed by atoms with Gasteiger partial charge in [-0.15, -0.1) is 0 Å². The van der Waals surface area contributed by atoms with E-state index in [-0.39, 0.29) is 29.1 Å². The molecule has 1 amide bonds. The molecule has 0 aliphatic rings. The first-order chi connectivity index (χ1) is 9.99. The second-order valence-electron chi connectivity index (χ2n) is 5.01. The van der Waals surface area contributed by atoms with Crippen LogP contribution >= 0.6 is 0 Å². The molecular formula is C16H18N2O3. The Kier molecular flexibility index (Phi) is 4.42. The van der Waals surface area contributed by atoms with E-state index in [2.05, 4.69) is 4.98 Å². The first-order valence-electron chi connectivity index (χ1n) is 6.68. The maximum atomic E-state index is 12.3. The van der Waals surface area contributed by atoms with Gasteiger partial charge in [-0.25, -0.2) is 4.98 Å². The summed E-state index contributed by atoms with van der Waals surface area (Å²) in [6, 6.07) is 9.83. The molecule has 0 saturated heterocycles. The molecule has 5 nitrogen and oxygen atoms in total. The number of aromatic hydroxyl groups is 2. The third-order valence-corrected chi connectivity index (χ3v) is 3.44. The van der Waals surface area contributed by atoms with Crippen molar-refractivity contribution < 1.29 is 15.0 Å². The van der Waals surface area contributed by atoms with E-state index in [0.717, 1.165) is 5.56 Å². The molecule has 2 rings (SSSR count). The number of phenolic OH excluding ortho intramolecular Hbond substituents is 1. The number of hydrogen-bond acceptors (Lipinski definition) is 4. The van der Waals surface area contributed by atoms with Crippen LogP contribution in [-0.2, 0) is 6.42 Å². The number of phenols is 1. The van der Waals surface area contributed by atoms with Crippen LogP contribution < -0.4 is 0 Å². The van der Waals surface area contributed by atoms with E-state index in [4.69, 9.17) is 0 Å². The fourth-order valence-electron chi connectivity index (χ4n) is 2.04. The minimum atomic E-state index is -0.320. The molecule has 0 aliphatic carbocycles. The number of likely N-dealkylation sites (N-methyl/N-ethyl adjacent to an activating group) is 1. The standard InChI is InChI=1S/C16H18N2O3/c1-11(10-12-5-7-13(19)8-6-12)18(2)16(21)15-14(20)4-3-9-17-15/h3-9,11,19-20H,10H2,1-2H3/t11-/m1/s1. The summed E-state index contributed by atoms with van der Waals surface area (Å²) in [6.07, 6.45) is 2.13. The molecule has 0 saturated carbocycles. The monoisotopic (exact) mass is 286 g/mol. The summed E-state index contributed by atoms with van der Waals surface area (Å²) in [6.45, 7) is 1.92. The normalized spacial score (nSPS) is 11.9. The number of rotatable bonds is 4. The first kappa shape index (κ1) is 14.8. The van der Waals surface area contributed by atoms with Crippen LogP contribution in [0.2, 0.25) is 0 Å². The summed E-state index contributed by atoms with van der Waals surface area (Å²) in [5.41, 5.74) is 1.07. The zero-order chi connectivity index (χ0) is 15.4. The van der Waals surface area contributed by atoms with Gasteiger partial charge in [0.15, 0.2) is 5.69 Å². The Balaban J connectivity index is 2.08. The number of pyridine rings is 1. The van der Waals surface area contributed by atoms with E-state index >= 15 is 0 Å². The quantitative estimate of drug-likeness (QED) is 0.903. The molecule has 0 radical (unpaired) electrons. The average molecular weight is 286 g/mol. The smallest absolute Gasteiger partial charge is 0.276 e. The van der Waals surface area contributed by atoms with Crippen molar-refractivity contribution in [2.24, 2.45) is 0 Å². The second-order valence-corrected chi connectivity index (χ2v) is 5.01. The number of carbonyl (C=O) groups excluding carboxylic acids is 1. The topological polar surface area (TPSA) is 73.7 Å². The van der Waals surface area contributed by atoms with E-state index in [0.29, 0.717) is 6.42 Å². The minimum Gasteiger partial charge on any atom is -0.508 e. The lowest BCUT2D eigenvalue weighted by atomic mass is 10.1. The number of amides is 1. The van der Waals surface area contributed by atoms with Crippen LogP contribution in [0.25, 0.3) is 0 Å². The van der Waals surface area contributed by atoms with Gasteiger partial charge < -0.3 is 15.1 Å². The van der Waals surface area contributed by atoms with Crippen molar-refractivity contribution in [1.29, 1.82) is 0 Å². The highest BCUT2D eigenvalue weighted by molar-refractivity contribution is 5.94. The molecule has 0 bridgehead atoms. The van der Waals surface area contributed by atoms with Gasteiger partial charge in [-0.1, -0.05) is 12.1 Å². The fraction of sp³-hybridized carbons (Fsp3) is 0.250. The largest absolute Gasteiger partial charge is 0.508 e. The van der Waals surface area contributed by atoms with Crippen LogP contribution in [0.5, 0.6) is 11.5 Å². The van der Waals surface area contributed by atoms with Crippen molar-refractivity contribution in [3.05, 3.63) is 53.9 Å². The zero-order valence-electron chi connectivity index (χ0n) is 12.0. The molecular weight excluding hydrogens is 268 g/mol. The van der Waals surface area contributed by atoms with Gasteiger partial charge in [-0.05, 0) is 43.2 Å². The SMILES string of the molecule is C[C@H](Cc1ccc(O)cc1)N(C)C(=O)c1ncccc1O. The number of carbonyl (C=O) groups is 1. The van der Waals surface area contributed by atoms with Gasteiger partial charge in [0.2, 0.25) is 0 Å². The third-order valence-electron chi connectivity index (χ3n) is 3.44. The first-order valence-corrected chi connectivity index (χ1v) is 6.68. The molecule has 1 aromatic carbocycles. The Morgan fingerprint density at radius 3 is 2.52 bits per heavy atom. The van der Waals surface area contributed by atoms with Crippen LogP contribution in [0, 0.1) is 0 Å². The lowest BCUT2D eigenvalue weighted by molar-refractivity contribution is 0.0734. The molecule has 0 unspecified atom stereocenters. The van der Waals surface area contributed by atoms with Crippen LogP contribution in [0.15, 0.2) is 42.6 Å². The van der Waals surface area contributed by atoms with Gasteiger partial charge >= 0.3 is 0 Å². The van der Waals surface area contributed by atoms with Crippen molar-refractivity contribution in [2.75, 3.05) is 7.05 Å². The number of aromatic nitrogens is 1. The Morgan fingerprint density at radius 2 is 1.90 bits per heavy atom. The summed E-state index contributed by atoms with van der Waals surface area (Å²) in [4.78, 5) is 17.8. The molecule has 0 spiro atoms. The predicted octanol–water partition coefficient (Wildman–Crippen LogP) is 2.20. The van der Waals surface area contributed by atoms with E-state index in [9.17, 15) is 15.0 Å². The summed E-state index contributed by atoms with van der Waals surface area (Å²) in [7, 11) is 1.68. The molecule has 2 aromatic rings. The van der Waals surface area contributed by atoms with Gasteiger partial charge in [-0.3, -0.25) is 4.79 Å². The molecule has 1 aromatic heterocycles. The predicted molar refractivity (Wildman–Crippen MR) is 79.3 cm³/mol. The lowest BCUT2D eigenvalue weighted by Gasteiger charge is -2.25. The van der Waals surface area contributed by atoms with E-state index in [1.807, 2.05) is 19.1 Å². The van der Waals surface area contributed by atoms with Crippen molar-refractivity contribution in [3.8, 4) is 11.5 Å². The van der Waals surface area contributed by atoms with Crippen LogP contribution in [0.3, 0.4) is 0 Å². The van der Waals surface area contributed by atoms with Crippen LogP contribution in [-0.4, -0.2) is 39.1 Å². The maximum Gasteiger partial charge on any atom is 0.276 e. The van der Waals surface area contributed by atoms with Crippen molar-refractivity contribution in [1.82, 2.24) is 9.88 Å². The highest BCUT2D eigenvalue weighted by Crippen LogP contribution is 2.18. The summed E-state index contributed by atoms with van der Waals surface area (Å²) in [5.74, 6) is -0.222. The number of benzene rings is 1. The Bertz CT molecular complexity index is 626. The van der Waals surface area contributed by atoms with Crippen molar-refractivity contribution >= 4 is 5.91 Å². The average Bonchev–Trinajstić information content (AvgIpc) is 2.48. The zero-order valence-corrected chi connectivity index (χ0v) is 12.0. The lowest BCUT2D eigenvalue weighted by Crippen LogP contribution is -2.36. The van der Waals surface area contributed by atoms with Gasteiger partial charge in [0, 0.05) is 19.3 Å². The molecule has 110 valence electrons. The molecule has 0 fully saturated rings. The van der Waals surface area contributed by atoms with Gasteiger partial charge in [-0.2, -0.15) is 0 Å². The maximum absolute atomic E-state index is 12.3. The molecule has 1 heterocycles. The van der Waals surface area contributed by atoms with Crippen LogP contribution in [0.4, 0.5) is 0 Å². The van der Waals surface area contributed by atoms with Gasteiger partial charge in [0.25, 0.3) is 5.91 Å². The third kappa shape index (κ3) is 3.51. The highest BCUT2D eigenvalue weighted by Gasteiger charge is 2.21. The molecule has 5 heteroatoms. The Morgan fingerprint density at radius 1 is 1.24 bits per heavy atom.